The number of benzene rings is 1. The zero-order valence-electron chi connectivity index (χ0n) is 10.1. The number of aromatic amines is 1. The summed E-state index contributed by atoms with van der Waals surface area (Å²) in [4.78, 5) is 4.19. The van der Waals surface area contributed by atoms with Crippen LogP contribution < -0.4 is 0 Å². The van der Waals surface area contributed by atoms with E-state index >= 15 is 0 Å². The summed E-state index contributed by atoms with van der Waals surface area (Å²) in [5.74, 6) is 0.528. The first-order valence-electron chi connectivity index (χ1n) is 5.48. The molecule has 0 saturated carbocycles. The number of hydrogen-bond acceptors (Lipinski definition) is 4. The second-order valence-electron chi connectivity index (χ2n) is 4.55. The normalized spacial score (nSPS) is 11.8. The maximum absolute atomic E-state index is 13.5. The standard InChI is InChI=1S/C12H14FN3OS/c1-12(2,17)7-18-11-14-10(15-16-11)8-5-3-4-6-9(8)13/h3-6,17H,7H2,1-2H3,(H,14,15,16). The Bertz CT molecular complexity index is 536. The fourth-order valence-electron chi connectivity index (χ4n) is 1.33. The minimum absolute atomic E-state index is 0.340. The second kappa shape index (κ2) is 5.07. The molecule has 0 saturated heterocycles. The summed E-state index contributed by atoms with van der Waals surface area (Å²) in [5.41, 5.74) is -0.399. The Kier molecular flexibility index (Phi) is 3.68. The van der Waals surface area contributed by atoms with Crippen LogP contribution in [0.5, 0.6) is 0 Å². The number of nitrogens with one attached hydrogen (secondary N) is 1. The predicted molar refractivity (Wildman–Crippen MR) is 68.8 cm³/mol. The van der Waals surface area contributed by atoms with E-state index in [0.29, 0.717) is 22.3 Å². The van der Waals surface area contributed by atoms with Crippen molar-refractivity contribution in [1.82, 2.24) is 15.2 Å². The molecule has 2 rings (SSSR count). The summed E-state index contributed by atoms with van der Waals surface area (Å²) >= 11 is 1.32. The number of thioether (sulfide) groups is 1. The topological polar surface area (TPSA) is 61.8 Å². The van der Waals surface area contributed by atoms with Gasteiger partial charge in [-0.05, 0) is 26.0 Å². The second-order valence-corrected chi connectivity index (χ2v) is 5.49. The smallest absolute Gasteiger partial charge is 0.208 e. The molecule has 0 bridgehead atoms. The molecule has 18 heavy (non-hydrogen) atoms. The number of hydrogen-bond donors (Lipinski definition) is 2. The molecule has 0 fully saturated rings. The summed E-state index contributed by atoms with van der Waals surface area (Å²) in [7, 11) is 0. The fraction of sp³-hybridized carbons (Fsp3) is 0.333. The van der Waals surface area contributed by atoms with Gasteiger partial charge in [0, 0.05) is 5.75 Å². The lowest BCUT2D eigenvalue weighted by atomic mass is 10.2. The Hall–Kier alpha value is -1.40. The van der Waals surface area contributed by atoms with Gasteiger partial charge in [-0.2, -0.15) is 0 Å². The third-order valence-electron chi connectivity index (χ3n) is 2.15. The van der Waals surface area contributed by atoms with Crippen LogP contribution in [0.15, 0.2) is 29.4 Å². The molecule has 0 spiro atoms. The molecule has 0 aliphatic rings. The number of rotatable bonds is 4. The molecule has 0 radical (unpaired) electrons. The molecular weight excluding hydrogens is 253 g/mol. The van der Waals surface area contributed by atoms with Crippen molar-refractivity contribution in [2.24, 2.45) is 0 Å². The van der Waals surface area contributed by atoms with Gasteiger partial charge in [0.1, 0.15) is 5.82 Å². The van der Waals surface area contributed by atoms with E-state index in [-0.39, 0.29) is 5.82 Å². The average Bonchev–Trinajstić information content (AvgIpc) is 2.75. The van der Waals surface area contributed by atoms with Gasteiger partial charge in [-0.15, -0.1) is 5.10 Å². The minimum Gasteiger partial charge on any atom is -0.390 e. The predicted octanol–water partition coefficient (Wildman–Crippen LogP) is 2.47. The quantitative estimate of drug-likeness (QED) is 0.835. The maximum atomic E-state index is 13.5. The third-order valence-corrected chi connectivity index (χ3v) is 3.44. The van der Waals surface area contributed by atoms with Crippen LogP contribution in [0.25, 0.3) is 11.4 Å². The van der Waals surface area contributed by atoms with Crippen molar-refractivity contribution >= 4 is 11.8 Å². The van der Waals surface area contributed by atoms with Crippen molar-refractivity contribution < 1.29 is 9.50 Å². The molecule has 0 aliphatic heterocycles. The van der Waals surface area contributed by atoms with E-state index in [1.165, 1.54) is 17.8 Å². The van der Waals surface area contributed by atoms with Crippen LogP contribution in [0.4, 0.5) is 4.39 Å². The Balaban J connectivity index is 2.14. The zero-order valence-corrected chi connectivity index (χ0v) is 11.0. The molecule has 0 aliphatic carbocycles. The van der Waals surface area contributed by atoms with E-state index in [0.717, 1.165) is 0 Å². The van der Waals surface area contributed by atoms with Crippen LogP contribution in [0.1, 0.15) is 13.8 Å². The van der Waals surface area contributed by atoms with E-state index in [1.54, 1.807) is 32.0 Å². The van der Waals surface area contributed by atoms with Crippen molar-refractivity contribution in [3.8, 4) is 11.4 Å². The Morgan fingerprint density at radius 3 is 2.78 bits per heavy atom. The first-order valence-corrected chi connectivity index (χ1v) is 6.47. The van der Waals surface area contributed by atoms with Crippen molar-refractivity contribution in [3.63, 3.8) is 0 Å². The molecule has 4 nitrogen and oxygen atoms in total. The van der Waals surface area contributed by atoms with Crippen LogP contribution in [0.3, 0.4) is 0 Å². The molecule has 0 unspecified atom stereocenters. The van der Waals surface area contributed by atoms with Crippen LogP contribution in [0.2, 0.25) is 0 Å². The van der Waals surface area contributed by atoms with Gasteiger partial charge in [0.15, 0.2) is 5.82 Å². The largest absolute Gasteiger partial charge is 0.390 e. The number of halogens is 1. The summed E-state index contributed by atoms with van der Waals surface area (Å²) in [6.45, 7) is 3.43. The molecule has 2 N–H and O–H groups in total. The lowest BCUT2D eigenvalue weighted by molar-refractivity contribution is 0.107. The number of aromatic nitrogens is 3. The van der Waals surface area contributed by atoms with Gasteiger partial charge in [0.25, 0.3) is 0 Å². The molecule has 6 heteroatoms. The molecule has 1 heterocycles. The van der Waals surface area contributed by atoms with E-state index < -0.39 is 5.60 Å². The van der Waals surface area contributed by atoms with Gasteiger partial charge in [-0.25, -0.2) is 9.37 Å². The minimum atomic E-state index is -0.788. The van der Waals surface area contributed by atoms with Crippen LogP contribution >= 0.6 is 11.8 Å². The highest BCUT2D eigenvalue weighted by Gasteiger charge is 2.15. The Morgan fingerprint density at radius 2 is 2.11 bits per heavy atom. The first-order chi connectivity index (χ1) is 8.46. The third kappa shape index (κ3) is 3.30. The van der Waals surface area contributed by atoms with Gasteiger partial charge < -0.3 is 5.11 Å². The van der Waals surface area contributed by atoms with Crippen LogP contribution in [-0.2, 0) is 0 Å². The maximum Gasteiger partial charge on any atom is 0.208 e. The van der Waals surface area contributed by atoms with Crippen molar-refractivity contribution in [1.29, 1.82) is 0 Å². The molecule has 1 aromatic heterocycles. The summed E-state index contributed by atoms with van der Waals surface area (Å²) in [6, 6.07) is 6.38. The SMILES string of the molecule is CC(C)(O)CSc1n[nH]c(-c2ccccc2F)n1. The summed E-state index contributed by atoms with van der Waals surface area (Å²) in [5, 5.41) is 16.8. The van der Waals surface area contributed by atoms with E-state index in [9.17, 15) is 9.50 Å². The highest BCUT2D eigenvalue weighted by atomic mass is 32.2. The number of nitrogens with zero attached hydrogens (tertiary/aromatic N) is 2. The molecular formula is C12H14FN3OS. The lowest BCUT2D eigenvalue weighted by Gasteiger charge is -2.14. The fourth-order valence-corrected chi connectivity index (χ4v) is 2.07. The molecule has 2 aromatic rings. The lowest BCUT2D eigenvalue weighted by Crippen LogP contribution is -2.21. The molecule has 1 aromatic carbocycles. The van der Waals surface area contributed by atoms with E-state index in [2.05, 4.69) is 15.2 Å². The van der Waals surface area contributed by atoms with E-state index in [4.69, 9.17) is 0 Å². The van der Waals surface area contributed by atoms with Gasteiger partial charge in [-0.1, -0.05) is 23.9 Å². The molecule has 0 atom stereocenters. The highest BCUT2D eigenvalue weighted by molar-refractivity contribution is 7.99. The summed E-state index contributed by atoms with van der Waals surface area (Å²) < 4.78 is 13.5. The number of aliphatic hydroxyl groups is 1. The summed E-state index contributed by atoms with van der Waals surface area (Å²) in [6.07, 6.45) is 0. The van der Waals surface area contributed by atoms with Crippen LogP contribution in [-0.4, -0.2) is 31.6 Å². The average molecular weight is 267 g/mol. The molecule has 0 amide bonds. The Labute approximate surface area is 109 Å². The van der Waals surface area contributed by atoms with Crippen molar-refractivity contribution in [3.05, 3.63) is 30.1 Å². The Morgan fingerprint density at radius 1 is 1.39 bits per heavy atom. The monoisotopic (exact) mass is 267 g/mol. The van der Waals surface area contributed by atoms with Gasteiger partial charge in [0.05, 0.1) is 11.2 Å². The van der Waals surface area contributed by atoms with Gasteiger partial charge in [-0.3, -0.25) is 5.10 Å². The highest BCUT2D eigenvalue weighted by Crippen LogP contribution is 2.23. The molecule has 96 valence electrons. The van der Waals surface area contributed by atoms with Crippen LogP contribution in [0, 0.1) is 5.82 Å². The van der Waals surface area contributed by atoms with E-state index in [1.807, 2.05) is 0 Å². The van der Waals surface area contributed by atoms with Gasteiger partial charge in [0.2, 0.25) is 5.16 Å². The van der Waals surface area contributed by atoms with Gasteiger partial charge >= 0.3 is 0 Å². The zero-order chi connectivity index (χ0) is 13.2. The van der Waals surface area contributed by atoms with Crippen molar-refractivity contribution in [2.75, 3.05) is 5.75 Å². The first kappa shape index (κ1) is 13.0. The number of H-pyrrole nitrogens is 1. The van der Waals surface area contributed by atoms with Crippen molar-refractivity contribution in [2.45, 2.75) is 24.6 Å².